The number of carbonyl (C=O) groups excluding carboxylic acids is 1. The Morgan fingerprint density at radius 2 is 1.90 bits per heavy atom. The van der Waals surface area contributed by atoms with Gasteiger partial charge in [0.25, 0.3) is 0 Å². The summed E-state index contributed by atoms with van der Waals surface area (Å²) in [5.41, 5.74) is 1.26. The average Bonchev–Trinajstić information content (AvgIpc) is 3.31. The molecule has 1 aromatic heterocycles. The quantitative estimate of drug-likeness (QED) is 0.502. The maximum Gasteiger partial charge on any atom is 0.244 e. The molecule has 1 heterocycles. The van der Waals surface area contributed by atoms with Gasteiger partial charge >= 0.3 is 0 Å². The van der Waals surface area contributed by atoms with E-state index in [9.17, 15) is 17.6 Å². The minimum atomic E-state index is -3.73. The monoisotopic (exact) mass is 460 g/mol. The molecule has 0 aliphatic heterocycles. The van der Waals surface area contributed by atoms with Gasteiger partial charge in [-0.25, -0.2) is 17.5 Å². The Morgan fingerprint density at radius 1 is 1.16 bits per heavy atom. The minimum Gasteiger partial charge on any atom is -0.495 e. The number of hydrogen-bond donors (Lipinski definition) is 2. The van der Waals surface area contributed by atoms with Gasteiger partial charge < -0.3 is 10.1 Å². The van der Waals surface area contributed by atoms with E-state index in [1.54, 1.807) is 18.2 Å². The minimum absolute atomic E-state index is 0.0252. The first kappa shape index (κ1) is 22.7. The van der Waals surface area contributed by atoms with Crippen molar-refractivity contribution in [3.8, 4) is 5.75 Å². The number of halogens is 1. The fraction of sp³-hybridized carbons (Fsp3) is 0.136. The third-order valence-electron chi connectivity index (χ3n) is 4.49. The zero-order valence-corrected chi connectivity index (χ0v) is 18.5. The Labute approximate surface area is 184 Å². The molecular weight excluding hydrogens is 439 g/mol. The molecule has 0 saturated heterocycles. The molecule has 0 radical (unpaired) electrons. The fourth-order valence-electron chi connectivity index (χ4n) is 2.91. The number of nitrogens with one attached hydrogen (secondary N) is 2. The van der Waals surface area contributed by atoms with Crippen LogP contribution in [0.1, 0.15) is 22.0 Å². The highest BCUT2D eigenvalue weighted by Crippen LogP contribution is 2.27. The maximum absolute atomic E-state index is 13.3. The van der Waals surface area contributed by atoms with E-state index in [0.717, 1.165) is 10.4 Å². The van der Waals surface area contributed by atoms with Gasteiger partial charge in [-0.2, -0.15) is 0 Å². The van der Waals surface area contributed by atoms with Crippen LogP contribution in [0.3, 0.4) is 0 Å². The third kappa shape index (κ3) is 5.57. The number of hydrogen-bond acceptors (Lipinski definition) is 5. The van der Waals surface area contributed by atoms with Crippen LogP contribution >= 0.6 is 11.3 Å². The van der Waals surface area contributed by atoms with Gasteiger partial charge in [0.15, 0.2) is 0 Å². The average molecular weight is 461 g/mol. The van der Waals surface area contributed by atoms with Crippen molar-refractivity contribution >= 4 is 33.3 Å². The highest BCUT2D eigenvalue weighted by molar-refractivity contribution is 7.89. The van der Waals surface area contributed by atoms with Gasteiger partial charge in [-0.3, -0.25) is 4.79 Å². The van der Waals surface area contributed by atoms with Gasteiger partial charge in [-0.1, -0.05) is 24.3 Å². The molecule has 0 spiro atoms. The van der Waals surface area contributed by atoms with E-state index < -0.39 is 16.1 Å². The molecule has 1 unspecified atom stereocenters. The Bertz CT molecular complexity index is 1170. The van der Waals surface area contributed by atoms with Crippen LogP contribution in [0.5, 0.6) is 5.75 Å². The molecule has 0 fully saturated rings. The molecule has 162 valence electrons. The van der Waals surface area contributed by atoms with Crippen LogP contribution in [0, 0.1) is 5.82 Å². The van der Waals surface area contributed by atoms with Gasteiger partial charge in [-0.05, 0) is 60.0 Å². The number of amides is 1. The van der Waals surface area contributed by atoms with Crippen molar-refractivity contribution in [2.24, 2.45) is 0 Å². The van der Waals surface area contributed by atoms with E-state index in [4.69, 9.17) is 4.74 Å². The van der Waals surface area contributed by atoms with Gasteiger partial charge in [-0.15, -0.1) is 11.3 Å². The summed E-state index contributed by atoms with van der Waals surface area (Å²) in [7, 11) is -1.04. The second-order valence-corrected chi connectivity index (χ2v) is 9.29. The Morgan fingerprint density at radius 3 is 2.52 bits per heavy atom. The summed E-state index contributed by atoms with van der Waals surface area (Å²) >= 11 is 1.48. The zero-order valence-electron chi connectivity index (χ0n) is 16.8. The number of thiophene rings is 1. The summed E-state index contributed by atoms with van der Waals surface area (Å²) in [5.74, 6) is -0.534. The molecule has 9 heteroatoms. The van der Waals surface area contributed by atoms with Crippen LogP contribution in [0.4, 0.5) is 4.39 Å². The molecule has 2 aromatic carbocycles. The van der Waals surface area contributed by atoms with E-state index in [2.05, 4.69) is 10.0 Å². The molecule has 1 amide bonds. The maximum atomic E-state index is 13.3. The van der Waals surface area contributed by atoms with Crippen molar-refractivity contribution < 1.29 is 22.3 Å². The number of sulfonamides is 1. The largest absolute Gasteiger partial charge is 0.495 e. The lowest BCUT2D eigenvalue weighted by Gasteiger charge is -2.17. The lowest BCUT2D eigenvalue weighted by atomic mass is 10.1. The number of carbonyl (C=O) groups is 1. The van der Waals surface area contributed by atoms with Gasteiger partial charge in [0.05, 0.1) is 13.2 Å². The topological polar surface area (TPSA) is 84.5 Å². The first-order valence-electron chi connectivity index (χ1n) is 9.23. The molecule has 3 aromatic rings. The van der Waals surface area contributed by atoms with Crippen LogP contribution in [-0.2, 0) is 14.8 Å². The van der Waals surface area contributed by atoms with Crippen molar-refractivity contribution in [1.82, 2.24) is 10.0 Å². The van der Waals surface area contributed by atoms with Crippen LogP contribution in [0.2, 0.25) is 0 Å². The molecular formula is C22H21FN2O4S2. The second kappa shape index (κ2) is 9.86. The van der Waals surface area contributed by atoms with E-state index in [0.29, 0.717) is 5.56 Å². The van der Waals surface area contributed by atoms with Crippen molar-refractivity contribution in [1.29, 1.82) is 0 Å². The summed E-state index contributed by atoms with van der Waals surface area (Å²) < 4.78 is 45.1. The predicted octanol–water partition coefficient (Wildman–Crippen LogP) is 3.72. The summed E-state index contributed by atoms with van der Waals surface area (Å²) in [6.07, 6.45) is 2.83. The molecule has 3 rings (SSSR count). The summed E-state index contributed by atoms with van der Waals surface area (Å²) in [6, 6.07) is 13.9. The van der Waals surface area contributed by atoms with E-state index in [1.165, 1.54) is 61.9 Å². The summed E-state index contributed by atoms with van der Waals surface area (Å²) in [6.45, 7) is 0. The van der Waals surface area contributed by atoms with E-state index in [1.807, 2.05) is 17.5 Å². The molecule has 31 heavy (non-hydrogen) atoms. The third-order valence-corrected chi connectivity index (χ3v) is 6.86. The molecule has 1 atom stereocenters. The normalized spacial score (nSPS) is 12.6. The standard InChI is InChI=1S/C22H21FN2O4S2/c1-24-31(27,28)20-14-15(5-11-18(20)29-2)6-12-21(26)25-22(19-4-3-13-30-19)16-7-9-17(23)10-8-16/h3-14,22,24H,1-2H3,(H,25,26)/b12-6+. The number of methoxy groups -OCH3 is 1. The summed E-state index contributed by atoms with van der Waals surface area (Å²) in [4.78, 5) is 13.5. The molecule has 6 nitrogen and oxygen atoms in total. The zero-order chi connectivity index (χ0) is 22.4. The predicted molar refractivity (Wildman–Crippen MR) is 119 cm³/mol. The van der Waals surface area contributed by atoms with Gasteiger partial charge in [0, 0.05) is 11.0 Å². The highest BCUT2D eigenvalue weighted by atomic mass is 32.2. The van der Waals surface area contributed by atoms with Crippen molar-refractivity contribution in [3.05, 3.63) is 87.9 Å². The molecule has 0 bridgehead atoms. The Balaban J connectivity index is 1.83. The lowest BCUT2D eigenvalue weighted by Crippen LogP contribution is -2.27. The summed E-state index contributed by atoms with van der Waals surface area (Å²) in [5, 5.41) is 4.81. The Hall–Kier alpha value is -3.01. The van der Waals surface area contributed by atoms with E-state index >= 15 is 0 Å². The lowest BCUT2D eigenvalue weighted by molar-refractivity contribution is -0.116. The fourth-order valence-corrected chi connectivity index (χ4v) is 4.64. The van der Waals surface area contributed by atoms with Gasteiger partial charge in [0.1, 0.15) is 16.5 Å². The first-order chi connectivity index (χ1) is 14.8. The van der Waals surface area contributed by atoms with Crippen LogP contribution in [0.15, 0.2) is 70.9 Å². The number of benzene rings is 2. The SMILES string of the molecule is CNS(=O)(=O)c1cc(/C=C/C(=O)NC(c2ccc(F)cc2)c2cccs2)ccc1OC. The first-order valence-corrected chi connectivity index (χ1v) is 11.6. The van der Waals surface area contributed by atoms with Crippen LogP contribution < -0.4 is 14.8 Å². The molecule has 2 N–H and O–H groups in total. The Kier molecular flexibility index (Phi) is 7.21. The number of ether oxygens (including phenoxy) is 1. The highest BCUT2D eigenvalue weighted by Gasteiger charge is 2.19. The van der Waals surface area contributed by atoms with Crippen LogP contribution in [0.25, 0.3) is 6.08 Å². The number of rotatable bonds is 8. The van der Waals surface area contributed by atoms with Crippen LogP contribution in [-0.4, -0.2) is 28.5 Å². The van der Waals surface area contributed by atoms with Gasteiger partial charge in [0.2, 0.25) is 15.9 Å². The molecule has 0 aliphatic rings. The van der Waals surface area contributed by atoms with Crippen molar-refractivity contribution in [2.75, 3.05) is 14.2 Å². The molecule has 0 saturated carbocycles. The smallest absolute Gasteiger partial charge is 0.244 e. The van der Waals surface area contributed by atoms with Crippen molar-refractivity contribution in [3.63, 3.8) is 0 Å². The second-order valence-electron chi connectivity index (χ2n) is 6.46. The molecule has 0 aliphatic carbocycles. The van der Waals surface area contributed by atoms with E-state index in [-0.39, 0.29) is 22.4 Å². The van der Waals surface area contributed by atoms with Crippen molar-refractivity contribution in [2.45, 2.75) is 10.9 Å².